The van der Waals surface area contributed by atoms with E-state index in [9.17, 15) is 4.79 Å². The molecule has 11 aromatic carbocycles. The molecule has 0 aliphatic rings. The molecule has 0 amide bonds. The molecule has 71 heavy (non-hydrogen) atoms. The number of rotatable bonds is 6. The van der Waals surface area contributed by atoms with Crippen molar-refractivity contribution in [3.8, 4) is 55.9 Å². The molecule has 0 spiro atoms. The minimum Gasteiger partial charge on any atom is -0.309 e. The summed E-state index contributed by atoms with van der Waals surface area (Å²) in [6, 6.07) is 89.4. The fourth-order valence-electron chi connectivity index (χ4n) is 11.7. The number of fused-ring (bicyclic) bond motifs is 11. The molecule has 0 aliphatic heterocycles. The highest BCUT2D eigenvalue weighted by atomic mass is 16.1. The van der Waals surface area contributed by atoms with Gasteiger partial charge < -0.3 is 9.13 Å². The van der Waals surface area contributed by atoms with Crippen molar-refractivity contribution in [2.75, 3.05) is 0 Å². The van der Waals surface area contributed by atoms with Crippen molar-refractivity contribution in [1.82, 2.24) is 13.5 Å². The molecule has 15 rings (SSSR count). The molecule has 0 fully saturated rings. The maximum absolute atomic E-state index is 14.8. The van der Waals surface area contributed by atoms with Gasteiger partial charge in [-0.05, 0) is 135 Å². The van der Waals surface area contributed by atoms with Crippen LogP contribution < -0.4 is 5.56 Å². The molecular formula is C67H41N3O. The Kier molecular flexibility index (Phi) is 8.48. The summed E-state index contributed by atoms with van der Waals surface area (Å²) < 4.78 is 6.79. The zero-order chi connectivity index (χ0) is 46.7. The zero-order valence-electron chi connectivity index (χ0n) is 38.4. The van der Waals surface area contributed by atoms with Crippen molar-refractivity contribution in [3.63, 3.8) is 0 Å². The lowest BCUT2D eigenvalue weighted by Gasteiger charge is -2.13. The summed E-state index contributed by atoms with van der Waals surface area (Å²) in [5.41, 5.74) is 17.8. The second-order valence-corrected chi connectivity index (χ2v) is 18.8. The van der Waals surface area contributed by atoms with E-state index in [0.717, 1.165) is 66.0 Å². The molecular weight excluding hydrogens is 863 g/mol. The lowest BCUT2D eigenvalue weighted by atomic mass is 10.0. The number of aromatic nitrogens is 3. The van der Waals surface area contributed by atoms with E-state index in [1.807, 2.05) is 22.6 Å². The third kappa shape index (κ3) is 5.95. The first-order valence-electron chi connectivity index (χ1n) is 24.3. The maximum Gasteiger partial charge on any atom is 0.263 e. The van der Waals surface area contributed by atoms with E-state index in [-0.39, 0.29) is 5.56 Å². The summed E-state index contributed by atoms with van der Waals surface area (Å²) in [6.45, 7) is 0. The molecule has 0 saturated carbocycles. The minimum atomic E-state index is -0.00825. The molecule has 4 nitrogen and oxygen atoms in total. The Bertz CT molecular complexity index is 4490. The molecule has 0 bridgehead atoms. The Morgan fingerprint density at radius 3 is 0.972 bits per heavy atom. The van der Waals surface area contributed by atoms with Gasteiger partial charge in [-0.3, -0.25) is 9.20 Å². The summed E-state index contributed by atoms with van der Waals surface area (Å²) in [6.07, 6.45) is 0. The van der Waals surface area contributed by atoms with Gasteiger partial charge in [0.05, 0.1) is 33.1 Å². The van der Waals surface area contributed by atoms with Crippen LogP contribution in [0.25, 0.3) is 137 Å². The predicted octanol–water partition coefficient (Wildman–Crippen LogP) is 17.1. The van der Waals surface area contributed by atoms with Gasteiger partial charge in [0, 0.05) is 54.5 Å². The second-order valence-electron chi connectivity index (χ2n) is 18.8. The fourth-order valence-corrected chi connectivity index (χ4v) is 11.7. The monoisotopic (exact) mass is 903 g/mol. The van der Waals surface area contributed by atoms with Crippen molar-refractivity contribution >= 4 is 81.6 Å². The highest BCUT2D eigenvalue weighted by Crippen LogP contribution is 2.43. The average Bonchev–Trinajstić information content (AvgIpc) is 4.08. The summed E-state index contributed by atoms with van der Waals surface area (Å²) in [5.74, 6) is 0. The Balaban J connectivity index is 1.01. The van der Waals surface area contributed by atoms with Crippen LogP contribution in [0.3, 0.4) is 0 Å². The lowest BCUT2D eigenvalue weighted by Crippen LogP contribution is -2.13. The van der Waals surface area contributed by atoms with Gasteiger partial charge in [-0.25, -0.2) is 0 Å². The van der Waals surface area contributed by atoms with E-state index in [2.05, 4.69) is 240 Å². The van der Waals surface area contributed by atoms with Gasteiger partial charge in [-0.2, -0.15) is 0 Å². The molecule has 0 radical (unpaired) electrons. The number of hydrogen-bond acceptors (Lipinski definition) is 1. The molecule has 15 aromatic rings. The predicted molar refractivity (Wildman–Crippen MR) is 298 cm³/mol. The first-order chi connectivity index (χ1) is 35.1. The molecule has 0 atom stereocenters. The number of pyridine rings is 1. The molecule has 0 N–H and O–H groups in total. The number of nitrogens with zero attached hydrogens (tertiary/aromatic N) is 3. The molecule has 0 unspecified atom stereocenters. The summed E-state index contributed by atoms with van der Waals surface area (Å²) in [4.78, 5) is 14.8. The SMILES string of the molecule is O=c1c2ccccc2c2cc(-n3c4ccc(-c5ccccc5)cc4c4cc(-c5ccccc5)ccc43)cc3c4cc(-n5c6ccc(-c7ccccc7)cc6c6cc(-c7ccccc7)ccc65)ccc4n1c23. The highest BCUT2D eigenvalue weighted by Gasteiger charge is 2.23. The quantitative estimate of drug-likeness (QED) is 0.153. The summed E-state index contributed by atoms with van der Waals surface area (Å²) in [7, 11) is 0. The van der Waals surface area contributed by atoms with Crippen LogP contribution in [0.15, 0.2) is 254 Å². The largest absolute Gasteiger partial charge is 0.309 e. The van der Waals surface area contributed by atoms with E-state index in [1.54, 1.807) is 0 Å². The van der Waals surface area contributed by atoms with Gasteiger partial charge in [0.15, 0.2) is 0 Å². The standard InChI is InChI=1S/C67H41N3O/c71-67-53-24-14-13-23-52(53)59-40-51(69-63-32-27-48(44-19-9-3-10-20-44)37-56(63)57-38-49(28-33-64(57)69)45-21-11-4-12-22-45)41-60-58-39-50(29-34-65(58)70(67)66(59)60)68-61-30-25-46(42-15-5-1-6-16-42)35-54(61)55-36-47(26-31-62(55)68)43-17-7-2-8-18-43/h1-41H. The summed E-state index contributed by atoms with van der Waals surface area (Å²) in [5, 5.41) is 9.50. The molecule has 0 aliphatic carbocycles. The van der Waals surface area contributed by atoms with Crippen LogP contribution in [0, 0.1) is 0 Å². The topological polar surface area (TPSA) is 31.3 Å². The number of hydrogen-bond donors (Lipinski definition) is 0. The van der Waals surface area contributed by atoms with Crippen LogP contribution in [0.1, 0.15) is 0 Å². The molecule has 4 aromatic heterocycles. The molecule has 0 saturated heterocycles. The van der Waals surface area contributed by atoms with Gasteiger partial charge in [0.25, 0.3) is 5.56 Å². The first kappa shape index (κ1) is 39.5. The third-order valence-corrected chi connectivity index (χ3v) is 15.0. The van der Waals surface area contributed by atoms with Crippen molar-refractivity contribution in [1.29, 1.82) is 0 Å². The molecule has 4 heteroatoms. The van der Waals surface area contributed by atoms with E-state index < -0.39 is 0 Å². The molecule has 4 heterocycles. The normalized spacial score (nSPS) is 12.0. The van der Waals surface area contributed by atoms with Gasteiger partial charge in [0.2, 0.25) is 0 Å². The van der Waals surface area contributed by atoms with Gasteiger partial charge in [-0.1, -0.05) is 164 Å². The van der Waals surface area contributed by atoms with Crippen molar-refractivity contribution in [2.45, 2.75) is 0 Å². The first-order valence-corrected chi connectivity index (χ1v) is 24.3. The van der Waals surface area contributed by atoms with Gasteiger partial charge in [-0.15, -0.1) is 0 Å². The van der Waals surface area contributed by atoms with E-state index >= 15 is 0 Å². The van der Waals surface area contributed by atoms with Crippen LogP contribution in [-0.4, -0.2) is 13.5 Å². The Morgan fingerprint density at radius 2 is 0.549 bits per heavy atom. The average molecular weight is 904 g/mol. The van der Waals surface area contributed by atoms with E-state index in [0.29, 0.717) is 5.39 Å². The van der Waals surface area contributed by atoms with Gasteiger partial charge >= 0.3 is 0 Å². The lowest BCUT2D eigenvalue weighted by molar-refractivity contribution is 1.17. The number of benzene rings is 11. The van der Waals surface area contributed by atoms with Crippen molar-refractivity contribution in [3.05, 3.63) is 259 Å². The fraction of sp³-hybridized carbons (Fsp3) is 0. The van der Waals surface area contributed by atoms with Crippen LogP contribution in [-0.2, 0) is 0 Å². The van der Waals surface area contributed by atoms with Crippen LogP contribution in [0.5, 0.6) is 0 Å². The maximum atomic E-state index is 14.8. The summed E-state index contributed by atoms with van der Waals surface area (Å²) >= 11 is 0. The highest BCUT2D eigenvalue weighted by molar-refractivity contribution is 6.22. The third-order valence-electron chi connectivity index (χ3n) is 15.0. The van der Waals surface area contributed by atoms with E-state index in [4.69, 9.17) is 0 Å². The smallest absolute Gasteiger partial charge is 0.263 e. The van der Waals surface area contributed by atoms with Gasteiger partial charge in [0.1, 0.15) is 0 Å². The Labute approximate surface area is 408 Å². The Hall–Kier alpha value is -9.51. The van der Waals surface area contributed by atoms with E-state index in [1.165, 1.54) is 66.1 Å². The van der Waals surface area contributed by atoms with Crippen LogP contribution in [0.2, 0.25) is 0 Å². The minimum absolute atomic E-state index is 0.00825. The van der Waals surface area contributed by atoms with Crippen LogP contribution in [0.4, 0.5) is 0 Å². The van der Waals surface area contributed by atoms with Crippen molar-refractivity contribution in [2.24, 2.45) is 0 Å². The Morgan fingerprint density at radius 1 is 0.225 bits per heavy atom. The zero-order valence-corrected chi connectivity index (χ0v) is 38.4. The molecule has 330 valence electrons. The van der Waals surface area contributed by atoms with Crippen LogP contribution >= 0.6 is 0 Å². The van der Waals surface area contributed by atoms with Crippen molar-refractivity contribution < 1.29 is 0 Å². The second kappa shape index (κ2) is 15.2.